The van der Waals surface area contributed by atoms with Crippen molar-refractivity contribution in [1.29, 1.82) is 0 Å². The first-order valence-corrected chi connectivity index (χ1v) is 7.44. The highest BCUT2D eigenvalue weighted by Gasteiger charge is 2.27. The van der Waals surface area contributed by atoms with Gasteiger partial charge in [0.1, 0.15) is 0 Å². The van der Waals surface area contributed by atoms with Gasteiger partial charge in [-0.2, -0.15) is 11.8 Å². The lowest BCUT2D eigenvalue weighted by Gasteiger charge is -2.22. The summed E-state index contributed by atoms with van der Waals surface area (Å²) in [6.45, 7) is 6.10. The van der Waals surface area contributed by atoms with Crippen LogP contribution in [0, 0.1) is 0 Å². The van der Waals surface area contributed by atoms with E-state index in [1.165, 1.54) is 6.26 Å². The molecule has 1 amide bonds. The highest BCUT2D eigenvalue weighted by molar-refractivity contribution is 9.10. The van der Waals surface area contributed by atoms with Crippen molar-refractivity contribution < 1.29 is 9.21 Å². The number of hydrogen-bond acceptors (Lipinski definition) is 3. The van der Waals surface area contributed by atoms with Crippen LogP contribution in [0.15, 0.2) is 21.4 Å². The summed E-state index contributed by atoms with van der Waals surface area (Å²) in [4.78, 5) is 14.2. The Kier molecular flexibility index (Phi) is 3.88. The van der Waals surface area contributed by atoms with Gasteiger partial charge in [0.25, 0.3) is 5.91 Å². The number of furan rings is 1. The topological polar surface area (TPSA) is 33.5 Å². The van der Waals surface area contributed by atoms with E-state index in [1.807, 2.05) is 16.7 Å². The van der Waals surface area contributed by atoms with Gasteiger partial charge in [0.2, 0.25) is 0 Å². The van der Waals surface area contributed by atoms with Crippen LogP contribution >= 0.6 is 27.7 Å². The summed E-state index contributed by atoms with van der Waals surface area (Å²) in [5.74, 6) is 1.05. The number of amides is 1. The minimum absolute atomic E-state index is 0.0592. The van der Waals surface area contributed by atoms with Crippen LogP contribution in [-0.4, -0.2) is 34.4 Å². The van der Waals surface area contributed by atoms with Gasteiger partial charge in [-0.15, -0.1) is 0 Å². The Labute approximate surface area is 114 Å². The highest BCUT2D eigenvalue weighted by Crippen LogP contribution is 2.31. The van der Waals surface area contributed by atoms with E-state index in [0.717, 1.165) is 25.3 Å². The van der Waals surface area contributed by atoms with Crippen molar-refractivity contribution in [2.24, 2.45) is 0 Å². The van der Waals surface area contributed by atoms with Crippen molar-refractivity contribution in [2.45, 2.75) is 25.0 Å². The van der Waals surface area contributed by atoms with Gasteiger partial charge in [0.15, 0.2) is 4.67 Å². The maximum atomic E-state index is 12.3. The zero-order chi connectivity index (χ0) is 12.5. The third-order valence-electron chi connectivity index (χ3n) is 2.97. The molecule has 3 nitrogen and oxygen atoms in total. The zero-order valence-corrected chi connectivity index (χ0v) is 12.4. The molecule has 1 aliphatic rings. The van der Waals surface area contributed by atoms with E-state index >= 15 is 0 Å². The van der Waals surface area contributed by atoms with Crippen molar-refractivity contribution in [3.8, 4) is 0 Å². The highest BCUT2D eigenvalue weighted by atomic mass is 79.9. The molecule has 1 aromatic heterocycles. The second kappa shape index (κ2) is 5.06. The molecule has 1 aromatic rings. The summed E-state index contributed by atoms with van der Waals surface area (Å²) in [6, 6.07) is 1.72. The lowest BCUT2D eigenvalue weighted by Crippen LogP contribution is -2.33. The van der Waals surface area contributed by atoms with Gasteiger partial charge in [0, 0.05) is 23.6 Å². The average Bonchev–Trinajstić information content (AvgIpc) is 2.59. The molecule has 1 saturated heterocycles. The van der Waals surface area contributed by atoms with E-state index in [9.17, 15) is 4.79 Å². The Morgan fingerprint density at radius 3 is 2.94 bits per heavy atom. The Morgan fingerprint density at radius 2 is 2.29 bits per heavy atom. The Bertz CT molecular complexity index is 416. The molecule has 2 heterocycles. The first-order chi connectivity index (χ1) is 7.99. The van der Waals surface area contributed by atoms with Crippen LogP contribution < -0.4 is 0 Å². The van der Waals surface area contributed by atoms with Crippen LogP contribution in [0.1, 0.15) is 30.6 Å². The van der Waals surface area contributed by atoms with E-state index in [1.54, 1.807) is 6.07 Å². The van der Waals surface area contributed by atoms with Gasteiger partial charge in [-0.05, 0) is 28.4 Å². The van der Waals surface area contributed by atoms with Crippen LogP contribution in [-0.2, 0) is 0 Å². The van der Waals surface area contributed by atoms with Crippen LogP contribution in [0.3, 0.4) is 0 Å². The molecule has 17 heavy (non-hydrogen) atoms. The Balaban J connectivity index is 2.08. The molecule has 1 aliphatic heterocycles. The van der Waals surface area contributed by atoms with Crippen LogP contribution in [0.5, 0.6) is 0 Å². The van der Waals surface area contributed by atoms with E-state index < -0.39 is 0 Å². The number of rotatable bonds is 1. The summed E-state index contributed by atoms with van der Waals surface area (Å²) >= 11 is 5.19. The van der Waals surface area contributed by atoms with Crippen molar-refractivity contribution in [3.63, 3.8) is 0 Å². The number of carbonyl (C=O) groups excluding carboxylic acids is 1. The Hall–Kier alpha value is -0.420. The molecule has 5 heteroatoms. The molecule has 0 spiro atoms. The molecule has 1 fully saturated rings. The fraction of sp³-hybridized carbons (Fsp3) is 0.583. The third kappa shape index (κ3) is 3.07. The van der Waals surface area contributed by atoms with Gasteiger partial charge < -0.3 is 9.32 Å². The lowest BCUT2D eigenvalue weighted by atomic mass is 10.1. The molecule has 0 N–H and O–H groups in total. The number of nitrogens with zero attached hydrogens (tertiary/aromatic N) is 1. The maximum Gasteiger partial charge on any atom is 0.258 e. The number of thioether (sulfide) groups is 1. The molecule has 94 valence electrons. The number of halogens is 1. The summed E-state index contributed by atoms with van der Waals surface area (Å²) in [5.41, 5.74) is 0.620. The number of hydrogen-bond donors (Lipinski definition) is 0. The smallest absolute Gasteiger partial charge is 0.258 e. The van der Waals surface area contributed by atoms with Crippen molar-refractivity contribution in [3.05, 3.63) is 22.6 Å². The maximum absolute atomic E-state index is 12.3. The second-order valence-electron chi connectivity index (χ2n) is 4.76. The molecular weight excluding hydrogens is 302 g/mol. The van der Waals surface area contributed by atoms with E-state index in [4.69, 9.17) is 4.42 Å². The van der Waals surface area contributed by atoms with Crippen molar-refractivity contribution in [2.75, 3.05) is 18.8 Å². The molecule has 0 atom stereocenters. The molecule has 2 rings (SSSR count). The largest absolute Gasteiger partial charge is 0.457 e. The van der Waals surface area contributed by atoms with E-state index in [0.29, 0.717) is 10.2 Å². The first kappa shape index (κ1) is 13.0. The van der Waals surface area contributed by atoms with Crippen molar-refractivity contribution in [1.82, 2.24) is 4.90 Å². The van der Waals surface area contributed by atoms with E-state index in [2.05, 4.69) is 29.8 Å². The van der Waals surface area contributed by atoms with Gasteiger partial charge in [0.05, 0.1) is 11.8 Å². The van der Waals surface area contributed by atoms with E-state index in [-0.39, 0.29) is 10.7 Å². The third-order valence-corrected chi connectivity index (χ3v) is 4.96. The fourth-order valence-corrected chi connectivity index (χ4v) is 3.35. The lowest BCUT2D eigenvalue weighted by molar-refractivity contribution is 0.0762. The quantitative estimate of drug-likeness (QED) is 0.796. The van der Waals surface area contributed by atoms with Gasteiger partial charge >= 0.3 is 0 Å². The van der Waals surface area contributed by atoms with Crippen LogP contribution in [0.2, 0.25) is 0 Å². The molecule has 0 unspecified atom stereocenters. The SMILES string of the molecule is CC1(C)CCN(C(=O)c2ccoc2Br)CCS1. The minimum atomic E-state index is 0.0592. The van der Waals surface area contributed by atoms with Crippen LogP contribution in [0.4, 0.5) is 0 Å². The zero-order valence-electron chi connectivity index (χ0n) is 10.0. The summed E-state index contributed by atoms with van der Waals surface area (Å²) in [5, 5.41) is 0. The normalized spacial score (nSPS) is 20.1. The first-order valence-electron chi connectivity index (χ1n) is 5.66. The standard InChI is InChI=1S/C12H16BrNO2S/c1-12(2)4-5-14(6-8-17-12)11(15)9-3-7-16-10(9)13/h3,7H,4-6,8H2,1-2H3. The second-order valence-corrected chi connectivity index (χ2v) is 7.28. The van der Waals surface area contributed by atoms with Gasteiger partial charge in [-0.25, -0.2) is 0 Å². The molecule has 0 aromatic carbocycles. The van der Waals surface area contributed by atoms with Crippen molar-refractivity contribution >= 4 is 33.6 Å². The average molecular weight is 318 g/mol. The monoisotopic (exact) mass is 317 g/mol. The molecular formula is C12H16BrNO2S. The fourth-order valence-electron chi connectivity index (χ4n) is 1.84. The molecule has 0 saturated carbocycles. The number of carbonyl (C=O) groups is 1. The summed E-state index contributed by atoms with van der Waals surface area (Å²) in [6.07, 6.45) is 2.56. The predicted molar refractivity (Wildman–Crippen MR) is 73.5 cm³/mol. The summed E-state index contributed by atoms with van der Waals surface area (Å²) < 4.78 is 5.91. The molecule has 0 aliphatic carbocycles. The Morgan fingerprint density at radius 1 is 1.53 bits per heavy atom. The van der Waals surface area contributed by atoms with Crippen LogP contribution in [0.25, 0.3) is 0 Å². The minimum Gasteiger partial charge on any atom is -0.457 e. The molecule has 0 bridgehead atoms. The molecule has 0 radical (unpaired) electrons. The summed E-state index contributed by atoms with van der Waals surface area (Å²) in [7, 11) is 0. The van der Waals surface area contributed by atoms with Gasteiger partial charge in [-0.1, -0.05) is 13.8 Å². The van der Waals surface area contributed by atoms with Gasteiger partial charge in [-0.3, -0.25) is 4.79 Å². The predicted octanol–water partition coefficient (Wildman–Crippen LogP) is 3.40.